The van der Waals surface area contributed by atoms with Crippen molar-refractivity contribution in [3.8, 4) is 0 Å². The second-order valence-electron chi connectivity index (χ2n) is 5.17. The summed E-state index contributed by atoms with van der Waals surface area (Å²) < 4.78 is 170. The average molecular weight is 432 g/mol. The van der Waals surface area contributed by atoms with Crippen molar-refractivity contribution in [3.05, 3.63) is 12.2 Å². The first kappa shape index (κ1) is 25.3. The molecule has 160 valence electrons. The molecular formula is C12H9F13O2. The average Bonchev–Trinajstić information content (AvgIpc) is 2.44. The van der Waals surface area contributed by atoms with E-state index in [9.17, 15) is 61.9 Å². The maximum absolute atomic E-state index is 13.3. The molecular weight excluding hydrogens is 423 g/mol. The molecule has 0 aromatic carbocycles. The monoisotopic (exact) mass is 432 g/mol. The minimum Gasteiger partial charge on any atom is -0.462 e. The van der Waals surface area contributed by atoms with Crippen LogP contribution in [-0.4, -0.2) is 48.4 Å². The number of hydrogen-bond acceptors (Lipinski definition) is 2. The summed E-state index contributed by atoms with van der Waals surface area (Å²) in [6.45, 7) is 2.08. The SMILES string of the molecule is C=C(C)C(=O)OCCC(F)(F)C(F)(F)C(F)(F)C(F)(F)C(F)(F)C(F)(F)F. The lowest BCUT2D eigenvalue weighted by atomic mass is 9.93. The van der Waals surface area contributed by atoms with Crippen LogP contribution in [0.15, 0.2) is 12.2 Å². The van der Waals surface area contributed by atoms with Gasteiger partial charge in [0.1, 0.15) is 0 Å². The van der Waals surface area contributed by atoms with Crippen molar-refractivity contribution >= 4 is 5.97 Å². The van der Waals surface area contributed by atoms with Gasteiger partial charge in [0.15, 0.2) is 0 Å². The molecule has 0 amide bonds. The quantitative estimate of drug-likeness (QED) is 0.298. The number of esters is 1. The Hall–Kier alpha value is -1.70. The van der Waals surface area contributed by atoms with Crippen molar-refractivity contribution in [2.24, 2.45) is 0 Å². The number of carbonyl (C=O) groups excluding carboxylic acids is 1. The zero-order chi connectivity index (χ0) is 22.3. The lowest BCUT2D eigenvalue weighted by Crippen LogP contribution is -2.70. The van der Waals surface area contributed by atoms with Crippen LogP contribution in [0.2, 0.25) is 0 Å². The van der Waals surface area contributed by atoms with Gasteiger partial charge in [0.05, 0.1) is 13.0 Å². The molecule has 0 unspecified atom stereocenters. The molecule has 0 aromatic rings. The molecule has 0 heterocycles. The van der Waals surface area contributed by atoms with Gasteiger partial charge in [-0.1, -0.05) is 6.58 Å². The van der Waals surface area contributed by atoms with E-state index in [0.717, 1.165) is 6.92 Å². The third kappa shape index (κ3) is 4.10. The first-order valence-electron chi connectivity index (χ1n) is 6.36. The Labute approximate surface area is 141 Å². The number of halogens is 13. The first-order chi connectivity index (χ1) is 11.6. The number of carbonyl (C=O) groups is 1. The Morgan fingerprint density at radius 1 is 0.741 bits per heavy atom. The summed E-state index contributed by atoms with van der Waals surface area (Å²) in [7, 11) is 0. The van der Waals surface area contributed by atoms with E-state index < -0.39 is 60.4 Å². The standard InChI is InChI=1S/C12H9F13O2/c1-5(2)6(26)27-4-3-7(13,14)8(15,16)9(17,18)10(19,20)11(21,22)12(23,24)25/h1,3-4H2,2H3. The van der Waals surface area contributed by atoms with Gasteiger partial charge in [-0.15, -0.1) is 0 Å². The lowest BCUT2D eigenvalue weighted by Gasteiger charge is -2.39. The highest BCUT2D eigenvalue weighted by Crippen LogP contribution is 2.60. The van der Waals surface area contributed by atoms with Gasteiger partial charge in [0.25, 0.3) is 0 Å². The molecule has 0 rings (SSSR count). The highest BCUT2D eigenvalue weighted by molar-refractivity contribution is 5.86. The molecule has 0 N–H and O–H groups in total. The van der Waals surface area contributed by atoms with Crippen molar-refractivity contribution < 1.29 is 66.6 Å². The van der Waals surface area contributed by atoms with Crippen molar-refractivity contribution in [1.82, 2.24) is 0 Å². The van der Waals surface area contributed by atoms with Crippen LogP contribution in [0.3, 0.4) is 0 Å². The van der Waals surface area contributed by atoms with Crippen molar-refractivity contribution in [3.63, 3.8) is 0 Å². The fraction of sp³-hybridized carbons (Fsp3) is 0.750. The predicted molar refractivity (Wildman–Crippen MR) is 61.2 cm³/mol. The zero-order valence-electron chi connectivity index (χ0n) is 12.9. The van der Waals surface area contributed by atoms with Crippen molar-refractivity contribution in [2.75, 3.05) is 6.61 Å². The summed E-state index contributed by atoms with van der Waals surface area (Å²) in [4.78, 5) is 10.8. The maximum atomic E-state index is 13.3. The summed E-state index contributed by atoms with van der Waals surface area (Å²) in [6.07, 6.45) is -10.1. The third-order valence-corrected chi connectivity index (χ3v) is 3.00. The van der Waals surface area contributed by atoms with Gasteiger partial charge < -0.3 is 4.74 Å². The lowest BCUT2D eigenvalue weighted by molar-refractivity contribution is -0.440. The molecule has 0 saturated heterocycles. The molecule has 0 aliphatic carbocycles. The van der Waals surface area contributed by atoms with Crippen LogP contribution in [0.1, 0.15) is 13.3 Å². The van der Waals surface area contributed by atoms with Crippen molar-refractivity contribution in [2.45, 2.75) is 49.1 Å². The van der Waals surface area contributed by atoms with Crippen LogP contribution in [0.4, 0.5) is 57.1 Å². The van der Waals surface area contributed by atoms with Gasteiger partial charge in [-0.05, 0) is 6.92 Å². The Morgan fingerprint density at radius 3 is 1.44 bits per heavy atom. The van der Waals surface area contributed by atoms with Crippen LogP contribution in [-0.2, 0) is 9.53 Å². The molecule has 15 heteroatoms. The van der Waals surface area contributed by atoms with E-state index in [2.05, 4.69) is 11.3 Å². The molecule has 0 saturated carbocycles. The molecule has 0 aliphatic rings. The van der Waals surface area contributed by atoms with Gasteiger partial charge in [-0.25, -0.2) is 4.79 Å². The number of ether oxygens (including phenoxy) is 1. The minimum absolute atomic E-state index is 0.466. The fourth-order valence-electron chi connectivity index (χ4n) is 1.35. The smallest absolute Gasteiger partial charge is 0.460 e. The van der Waals surface area contributed by atoms with Crippen LogP contribution in [0.5, 0.6) is 0 Å². The highest BCUT2D eigenvalue weighted by atomic mass is 19.4. The Kier molecular flexibility index (Phi) is 6.59. The molecule has 0 radical (unpaired) electrons. The van der Waals surface area contributed by atoms with Gasteiger partial charge in [0.2, 0.25) is 0 Å². The molecule has 0 aliphatic heterocycles. The first-order valence-corrected chi connectivity index (χ1v) is 6.36. The normalized spacial score (nSPS) is 14.9. The molecule has 0 aromatic heterocycles. The number of alkyl halides is 13. The molecule has 0 fully saturated rings. The van der Waals surface area contributed by atoms with Gasteiger partial charge in [-0.3, -0.25) is 0 Å². The van der Waals surface area contributed by atoms with E-state index in [0.29, 0.717) is 0 Å². The van der Waals surface area contributed by atoms with Crippen molar-refractivity contribution in [1.29, 1.82) is 0 Å². The summed E-state index contributed by atoms with van der Waals surface area (Å²) in [5.74, 6) is -38.7. The van der Waals surface area contributed by atoms with Crippen LogP contribution in [0, 0.1) is 0 Å². The maximum Gasteiger partial charge on any atom is 0.460 e. The van der Waals surface area contributed by atoms with Crippen LogP contribution >= 0.6 is 0 Å². The van der Waals surface area contributed by atoms with E-state index in [1.54, 1.807) is 0 Å². The molecule has 2 nitrogen and oxygen atoms in total. The predicted octanol–water partition coefficient (Wildman–Crippen LogP) is 5.23. The number of rotatable bonds is 8. The summed E-state index contributed by atoms with van der Waals surface area (Å²) in [6, 6.07) is 0. The van der Waals surface area contributed by atoms with E-state index in [1.807, 2.05) is 0 Å². The molecule has 0 spiro atoms. The minimum atomic E-state index is -7.94. The van der Waals surface area contributed by atoms with Gasteiger partial charge >= 0.3 is 41.8 Å². The van der Waals surface area contributed by atoms with E-state index in [-0.39, 0.29) is 0 Å². The van der Waals surface area contributed by atoms with Gasteiger partial charge in [0, 0.05) is 5.57 Å². The fourth-order valence-corrected chi connectivity index (χ4v) is 1.35. The second-order valence-corrected chi connectivity index (χ2v) is 5.17. The molecule has 27 heavy (non-hydrogen) atoms. The highest BCUT2D eigenvalue weighted by Gasteiger charge is 2.90. The second kappa shape index (κ2) is 7.04. The van der Waals surface area contributed by atoms with E-state index >= 15 is 0 Å². The Bertz CT molecular complexity index is 576. The zero-order valence-corrected chi connectivity index (χ0v) is 12.9. The molecule has 0 bridgehead atoms. The van der Waals surface area contributed by atoms with E-state index in [4.69, 9.17) is 0 Å². The number of hydrogen-bond donors (Lipinski definition) is 0. The summed E-state index contributed by atoms with van der Waals surface area (Å²) in [5, 5.41) is 0. The largest absolute Gasteiger partial charge is 0.462 e. The van der Waals surface area contributed by atoms with Crippen LogP contribution in [0.25, 0.3) is 0 Å². The Morgan fingerprint density at radius 2 is 1.11 bits per heavy atom. The van der Waals surface area contributed by atoms with Crippen LogP contribution < -0.4 is 0 Å². The third-order valence-electron chi connectivity index (χ3n) is 3.00. The summed E-state index contributed by atoms with van der Waals surface area (Å²) >= 11 is 0. The van der Waals surface area contributed by atoms with E-state index in [1.165, 1.54) is 0 Å². The summed E-state index contributed by atoms with van der Waals surface area (Å²) in [5.41, 5.74) is -0.466. The van der Waals surface area contributed by atoms with Gasteiger partial charge in [-0.2, -0.15) is 57.1 Å². The topological polar surface area (TPSA) is 26.3 Å². The molecule has 0 atom stereocenters. The Balaban J connectivity index is 5.80.